The molecule has 0 amide bonds. The van der Waals surface area contributed by atoms with Gasteiger partial charge in [-0.2, -0.15) is 0 Å². The van der Waals surface area contributed by atoms with Crippen molar-refractivity contribution < 1.29 is 19.1 Å². The summed E-state index contributed by atoms with van der Waals surface area (Å²) in [7, 11) is 1.30. The number of hydrogen-bond acceptors (Lipinski definition) is 4. The normalized spacial score (nSPS) is 15.7. The van der Waals surface area contributed by atoms with E-state index in [1.165, 1.54) is 31.4 Å². The number of hydrogen-bond donors (Lipinski definition) is 0. The van der Waals surface area contributed by atoms with Gasteiger partial charge < -0.3 is 4.74 Å². The molecule has 0 unspecified atom stereocenters. The van der Waals surface area contributed by atoms with Crippen LogP contribution in [0.15, 0.2) is 24.3 Å². The van der Waals surface area contributed by atoms with Gasteiger partial charge in [0.2, 0.25) is 11.6 Å². The Balaban J connectivity index is 2.08. The molecule has 0 saturated heterocycles. The van der Waals surface area contributed by atoms with E-state index in [9.17, 15) is 14.4 Å². The summed E-state index contributed by atoms with van der Waals surface area (Å²) in [6, 6.07) is 6.03. The summed E-state index contributed by atoms with van der Waals surface area (Å²) in [5.74, 6) is -1.33. The van der Waals surface area contributed by atoms with Crippen LogP contribution in [0.25, 0.3) is 0 Å². The summed E-state index contributed by atoms with van der Waals surface area (Å²) < 4.78 is 4.59. The summed E-state index contributed by atoms with van der Waals surface area (Å²) >= 11 is 0. The SMILES string of the molecule is COC(=O)c1ccc(C(=O)C(=O)C2CCCCC2)cc1. The molecule has 1 fully saturated rings. The first-order chi connectivity index (χ1) is 9.63. The number of esters is 1. The van der Waals surface area contributed by atoms with Gasteiger partial charge >= 0.3 is 5.97 Å². The van der Waals surface area contributed by atoms with Crippen molar-refractivity contribution in [2.24, 2.45) is 5.92 Å². The van der Waals surface area contributed by atoms with E-state index in [4.69, 9.17) is 0 Å². The van der Waals surface area contributed by atoms with Crippen molar-refractivity contribution in [2.75, 3.05) is 7.11 Å². The van der Waals surface area contributed by atoms with E-state index in [-0.39, 0.29) is 11.7 Å². The average Bonchev–Trinajstić information content (AvgIpc) is 2.53. The Hall–Kier alpha value is -1.97. The molecule has 0 radical (unpaired) electrons. The number of benzene rings is 1. The molecule has 1 saturated carbocycles. The number of ether oxygens (including phenoxy) is 1. The smallest absolute Gasteiger partial charge is 0.337 e. The van der Waals surface area contributed by atoms with E-state index in [1.807, 2.05) is 0 Å². The standard InChI is InChI=1S/C16H18O4/c1-20-16(19)13-9-7-12(8-10-13)15(18)14(17)11-5-3-2-4-6-11/h7-11H,2-6H2,1H3. The Labute approximate surface area is 118 Å². The zero-order valence-corrected chi connectivity index (χ0v) is 11.6. The summed E-state index contributed by atoms with van der Waals surface area (Å²) in [4.78, 5) is 35.6. The van der Waals surface area contributed by atoms with Gasteiger partial charge in [0.15, 0.2) is 0 Å². The maximum Gasteiger partial charge on any atom is 0.337 e. The summed E-state index contributed by atoms with van der Waals surface area (Å²) in [5.41, 5.74) is 0.711. The van der Waals surface area contributed by atoms with E-state index in [1.54, 1.807) is 0 Å². The van der Waals surface area contributed by atoms with Gasteiger partial charge in [0, 0.05) is 11.5 Å². The quantitative estimate of drug-likeness (QED) is 0.481. The zero-order valence-electron chi connectivity index (χ0n) is 11.6. The fourth-order valence-electron chi connectivity index (χ4n) is 2.57. The van der Waals surface area contributed by atoms with Crippen molar-refractivity contribution >= 4 is 17.5 Å². The van der Waals surface area contributed by atoms with Crippen molar-refractivity contribution in [3.8, 4) is 0 Å². The highest BCUT2D eigenvalue weighted by molar-refractivity contribution is 6.44. The molecule has 20 heavy (non-hydrogen) atoms. The van der Waals surface area contributed by atoms with Crippen LogP contribution in [0.4, 0.5) is 0 Å². The number of carbonyl (C=O) groups is 3. The summed E-state index contributed by atoms with van der Waals surface area (Å²) in [6.45, 7) is 0. The number of carbonyl (C=O) groups excluding carboxylic acids is 3. The second-order valence-electron chi connectivity index (χ2n) is 5.10. The molecule has 1 aliphatic rings. The van der Waals surface area contributed by atoms with E-state index < -0.39 is 11.8 Å². The molecular weight excluding hydrogens is 256 g/mol. The topological polar surface area (TPSA) is 60.4 Å². The highest BCUT2D eigenvalue weighted by Crippen LogP contribution is 2.25. The lowest BCUT2D eigenvalue weighted by Gasteiger charge is -2.19. The third kappa shape index (κ3) is 3.13. The van der Waals surface area contributed by atoms with Gasteiger partial charge in [0.25, 0.3) is 0 Å². The molecule has 1 aliphatic carbocycles. The maximum atomic E-state index is 12.1. The molecule has 0 bridgehead atoms. The van der Waals surface area contributed by atoms with Crippen LogP contribution in [0.5, 0.6) is 0 Å². The molecule has 0 atom stereocenters. The fourth-order valence-corrected chi connectivity index (χ4v) is 2.57. The Morgan fingerprint density at radius 3 is 2.05 bits per heavy atom. The van der Waals surface area contributed by atoms with Gasteiger partial charge in [-0.15, -0.1) is 0 Å². The molecule has 4 heteroatoms. The predicted octanol–water partition coefficient (Wildman–Crippen LogP) is 2.81. The van der Waals surface area contributed by atoms with Gasteiger partial charge in [0.05, 0.1) is 12.7 Å². The minimum atomic E-state index is -0.456. The second-order valence-corrected chi connectivity index (χ2v) is 5.10. The average molecular weight is 274 g/mol. The third-order valence-corrected chi connectivity index (χ3v) is 3.77. The number of Topliss-reactive ketones (excluding diaryl/α,β-unsaturated/α-hetero) is 2. The molecule has 0 aromatic heterocycles. The summed E-state index contributed by atoms with van der Waals surface area (Å²) in [6.07, 6.45) is 4.80. The first kappa shape index (κ1) is 14.4. The monoisotopic (exact) mass is 274 g/mol. The van der Waals surface area contributed by atoms with Crippen LogP contribution in [-0.4, -0.2) is 24.6 Å². The molecule has 1 aromatic carbocycles. The molecular formula is C16H18O4. The molecule has 1 aromatic rings. The van der Waals surface area contributed by atoms with E-state index in [0.29, 0.717) is 11.1 Å². The zero-order chi connectivity index (χ0) is 14.5. The van der Waals surface area contributed by atoms with Gasteiger partial charge in [-0.05, 0) is 25.0 Å². The lowest BCUT2D eigenvalue weighted by Crippen LogP contribution is -2.25. The Morgan fingerprint density at radius 2 is 1.50 bits per heavy atom. The highest BCUT2D eigenvalue weighted by Gasteiger charge is 2.27. The van der Waals surface area contributed by atoms with Crippen molar-refractivity contribution in [1.82, 2.24) is 0 Å². The summed E-state index contributed by atoms with van der Waals surface area (Å²) in [5, 5.41) is 0. The third-order valence-electron chi connectivity index (χ3n) is 3.77. The highest BCUT2D eigenvalue weighted by atomic mass is 16.5. The van der Waals surface area contributed by atoms with Crippen molar-refractivity contribution in [1.29, 1.82) is 0 Å². The van der Waals surface area contributed by atoms with Crippen LogP contribution in [0.2, 0.25) is 0 Å². The first-order valence-corrected chi connectivity index (χ1v) is 6.90. The lowest BCUT2D eigenvalue weighted by molar-refractivity contribution is -0.119. The van der Waals surface area contributed by atoms with Gasteiger partial charge in [-0.3, -0.25) is 9.59 Å². The number of rotatable bonds is 4. The minimum absolute atomic E-state index is 0.128. The predicted molar refractivity (Wildman–Crippen MR) is 73.7 cm³/mol. The number of methoxy groups -OCH3 is 1. The van der Waals surface area contributed by atoms with E-state index >= 15 is 0 Å². The van der Waals surface area contributed by atoms with Crippen LogP contribution < -0.4 is 0 Å². The largest absolute Gasteiger partial charge is 0.465 e. The van der Waals surface area contributed by atoms with Crippen molar-refractivity contribution in [3.63, 3.8) is 0 Å². The molecule has 0 spiro atoms. The molecule has 0 N–H and O–H groups in total. The van der Waals surface area contributed by atoms with Crippen LogP contribution >= 0.6 is 0 Å². The van der Waals surface area contributed by atoms with Crippen LogP contribution in [0.1, 0.15) is 52.8 Å². The van der Waals surface area contributed by atoms with E-state index in [2.05, 4.69) is 4.74 Å². The second kappa shape index (κ2) is 6.46. The minimum Gasteiger partial charge on any atom is -0.465 e. The van der Waals surface area contributed by atoms with Gasteiger partial charge in [0.1, 0.15) is 0 Å². The molecule has 106 valence electrons. The van der Waals surface area contributed by atoms with Crippen molar-refractivity contribution in [3.05, 3.63) is 35.4 Å². The Kier molecular flexibility index (Phi) is 4.66. The van der Waals surface area contributed by atoms with Crippen LogP contribution in [0.3, 0.4) is 0 Å². The first-order valence-electron chi connectivity index (χ1n) is 6.90. The Bertz CT molecular complexity index is 510. The number of ketones is 2. The van der Waals surface area contributed by atoms with Gasteiger partial charge in [-0.1, -0.05) is 31.4 Å². The molecule has 4 nitrogen and oxygen atoms in total. The molecule has 0 heterocycles. The van der Waals surface area contributed by atoms with Gasteiger partial charge in [-0.25, -0.2) is 4.79 Å². The lowest BCUT2D eigenvalue weighted by atomic mass is 9.84. The molecule has 2 rings (SSSR count). The van der Waals surface area contributed by atoms with Crippen LogP contribution in [-0.2, 0) is 9.53 Å². The van der Waals surface area contributed by atoms with Crippen molar-refractivity contribution in [2.45, 2.75) is 32.1 Å². The fraction of sp³-hybridized carbons (Fsp3) is 0.438. The molecule has 0 aliphatic heterocycles. The van der Waals surface area contributed by atoms with Crippen LogP contribution in [0, 0.1) is 5.92 Å². The van der Waals surface area contributed by atoms with E-state index in [0.717, 1.165) is 32.1 Å². The Morgan fingerprint density at radius 1 is 0.950 bits per heavy atom. The maximum absolute atomic E-state index is 12.1.